The van der Waals surface area contributed by atoms with Crippen LogP contribution in [0.1, 0.15) is 11.3 Å². The normalized spacial score (nSPS) is 10.3. The maximum atomic E-state index is 12.5. The van der Waals surface area contributed by atoms with E-state index >= 15 is 0 Å². The van der Waals surface area contributed by atoms with Crippen molar-refractivity contribution in [3.05, 3.63) is 35.7 Å². The van der Waals surface area contributed by atoms with Gasteiger partial charge in [0.1, 0.15) is 0 Å². The average Bonchev–Trinajstić information content (AvgIpc) is 2.63. The van der Waals surface area contributed by atoms with E-state index in [2.05, 4.69) is 25.5 Å². The van der Waals surface area contributed by atoms with E-state index in [1.807, 2.05) is 6.92 Å². The quantitative estimate of drug-likeness (QED) is 0.795. The molecule has 0 bridgehead atoms. The Balaban J connectivity index is 1.99. The Hall–Kier alpha value is -1.98. The molecule has 0 atom stereocenters. The third kappa shape index (κ3) is 2.28. The first-order valence-corrected chi connectivity index (χ1v) is 4.46. The van der Waals surface area contributed by atoms with Gasteiger partial charge in [0.2, 0.25) is 5.95 Å². The van der Waals surface area contributed by atoms with E-state index in [9.17, 15) is 4.39 Å². The number of aryl methyl sites for hydroxylation is 1. The molecule has 0 aliphatic heterocycles. The first-order valence-electron chi connectivity index (χ1n) is 4.46. The minimum Gasteiger partial charge on any atom is -0.350 e. The van der Waals surface area contributed by atoms with Crippen LogP contribution in [-0.4, -0.2) is 20.2 Å². The van der Waals surface area contributed by atoms with E-state index in [-0.39, 0.29) is 0 Å². The van der Waals surface area contributed by atoms with Crippen molar-refractivity contribution >= 4 is 5.95 Å². The molecule has 5 nitrogen and oxygen atoms in total. The average molecular weight is 207 g/mol. The van der Waals surface area contributed by atoms with Crippen LogP contribution in [0.25, 0.3) is 0 Å². The summed E-state index contributed by atoms with van der Waals surface area (Å²) >= 11 is 0. The van der Waals surface area contributed by atoms with Gasteiger partial charge in [0.15, 0.2) is 5.82 Å². The highest BCUT2D eigenvalue weighted by molar-refractivity contribution is 5.26. The molecule has 0 spiro atoms. The number of H-pyrrole nitrogens is 1. The number of anilines is 1. The molecular formula is C9H10FN5. The lowest BCUT2D eigenvalue weighted by molar-refractivity contribution is 0.614. The van der Waals surface area contributed by atoms with Crippen molar-refractivity contribution in [1.29, 1.82) is 0 Å². The molecule has 78 valence electrons. The van der Waals surface area contributed by atoms with Crippen molar-refractivity contribution in [2.45, 2.75) is 13.5 Å². The Morgan fingerprint density at radius 1 is 1.33 bits per heavy atom. The summed E-state index contributed by atoms with van der Waals surface area (Å²) in [5.41, 5.74) is 2.02. The van der Waals surface area contributed by atoms with Gasteiger partial charge in [0.05, 0.1) is 18.6 Å². The monoisotopic (exact) mass is 207 g/mol. The van der Waals surface area contributed by atoms with Gasteiger partial charge in [-0.15, -0.1) is 0 Å². The first-order chi connectivity index (χ1) is 7.25. The largest absolute Gasteiger partial charge is 0.350 e. The van der Waals surface area contributed by atoms with Gasteiger partial charge < -0.3 is 5.32 Å². The maximum Gasteiger partial charge on any atom is 0.223 e. The molecule has 0 aromatic carbocycles. The fourth-order valence-corrected chi connectivity index (χ4v) is 1.13. The molecule has 0 saturated carbocycles. The van der Waals surface area contributed by atoms with Gasteiger partial charge in [0.25, 0.3) is 0 Å². The van der Waals surface area contributed by atoms with Crippen LogP contribution in [0.15, 0.2) is 18.6 Å². The van der Waals surface area contributed by atoms with E-state index in [4.69, 9.17) is 0 Å². The van der Waals surface area contributed by atoms with Crippen LogP contribution in [0.3, 0.4) is 0 Å². The lowest BCUT2D eigenvalue weighted by Crippen LogP contribution is -2.03. The van der Waals surface area contributed by atoms with Gasteiger partial charge in [0, 0.05) is 17.8 Å². The lowest BCUT2D eigenvalue weighted by atomic mass is 10.3. The summed E-state index contributed by atoms with van der Waals surface area (Å²) in [4.78, 5) is 7.56. The summed E-state index contributed by atoms with van der Waals surface area (Å²) < 4.78 is 12.5. The fourth-order valence-electron chi connectivity index (χ4n) is 1.13. The Morgan fingerprint density at radius 2 is 2.07 bits per heavy atom. The summed E-state index contributed by atoms with van der Waals surface area (Å²) in [5.74, 6) is -0.0444. The second kappa shape index (κ2) is 4.04. The number of nitrogens with one attached hydrogen (secondary N) is 2. The van der Waals surface area contributed by atoms with Gasteiger partial charge in [-0.1, -0.05) is 0 Å². The maximum absolute atomic E-state index is 12.5. The minimum atomic E-state index is -0.444. The van der Waals surface area contributed by atoms with Gasteiger partial charge in [-0.25, -0.2) is 14.4 Å². The lowest BCUT2D eigenvalue weighted by Gasteiger charge is -2.02. The number of rotatable bonds is 3. The molecule has 15 heavy (non-hydrogen) atoms. The molecule has 0 radical (unpaired) electrons. The van der Waals surface area contributed by atoms with Crippen LogP contribution in [0, 0.1) is 12.7 Å². The summed E-state index contributed by atoms with van der Waals surface area (Å²) in [5, 5.41) is 9.67. The predicted octanol–water partition coefficient (Wildman–Crippen LogP) is 1.26. The first kappa shape index (κ1) is 9.57. The topological polar surface area (TPSA) is 66.5 Å². The molecule has 2 N–H and O–H groups in total. The fraction of sp³-hybridized carbons (Fsp3) is 0.222. The molecule has 0 unspecified atom stereocenters. The zero-order chi connectivity index (χ0) is 10.7. The highest BCUT2D eigenvalue weighted by Crippen LogP contribution is 2.05. The highest BCUT2D eigenvalue weighted by Gasteiger charge is 2.01. The molecule has 0 aliphatic rings. The van der Waals surface area contributed by atoms with Crippen LogP contribution < -0.4 is 5.32 Å². The predicted molar refractivity (Wildman–Crippen MR) is 52.6 cm³/mol. The molecule has 2 heterocycles. The number of halogens is 1. The molecule has 6 heteroatoms. The van der Waals surface area contributed by atoms with Crippen LogP contribution in [0.2, 0.25) is 0 Å². The third-order valence-electron chi connectivity index (χ3n) is 1.99. The smallest absolute Gasteiger partial charge is 0.223 e. The standard InChI is InChI=1S/C9H10FN5/c1-6-7(3-14-15-6)2-11-9-12-4-8(10)5-13-9/h3-5H,2H2,1H3,(H,14,15)(H,11,12,13). The van der Waals surface area contributed by atoms with Crippen molar-refractivity contribution in [2.75, 3.05) is 5.32 Å². The summed E-state index contributed by atoms with van der Waals surface area (Å²) in [6.45, 7) is 2.49. The molecule has 2 rings (SSSR count). The van der Waals surface area contributed by atoms with Crippen LogP contribution >= 0.6 is 0 Å². The number of aromatic nitrogens is 4. The second-order valence-electron chi connectivity index (χ2n) is 3.10. The van der Waals surface area contributed by atoms with E-state index in [0.29, 0.717) is 12.5 Å². The van der Waals surface area contributed by atoms with Gasteiger partial charge in [-0.2, -0.15) is 5.10 Å². The third-order valence-corrected chi connectivity index (χ3v) is 1.99. The van der Waals surface area contributed by atoms with Crippen molar-refractivity contribution in [3.8, 4) is 0 Å². The Bertz CT molecular complexity index is 436. The van der Waals surface area contributed by atoms with Crippen LogP contribution in [-0.2, 0) is 6.54 Å². The molecular weight excluding hydrogens is 197 g/mol. The Labute approximate surface area is 85.8 Å². The van der Waals surface area contributed by atoms with Crippen molar-refractivity contribution in [2.24, 2.45) is 0 Å². The number of hydrogen-bond acceptors (Lipinski definition) is 4. The SMILES string of the molecule is Cc1[nH]ncc1CNc1ncc(F)cn1. The Morgan fingerprint density at radius 3 is 2.67 bits per heavy atom. The Kier molecular flexibility index (Phi) is 2.57. The molecule has 0 fully saturated rings. The van der Waals surface area contributed by atoms with Crippen molar-refractivity contribution in [1.82, 2.24) is 20.2 Å². The van der Waals surface area contributed by atoms with Gasteiger partial charge in [-0.3, -0.25) is 5.10 Å². The van der Waals surface area contributed by atoms with Crippen LogP contribution in [0.4, 0.5) is 10.3 Å². The molecule has 0 saturated heterocycles. The molecule has 0 amide bonds. The number of nitrogens with zero attached hydrogens (tertiary/aromatic N) is 3. The highest BCUT2D eigenvalue weighted by atomic mass is 19.1. The van der Waals surface area contributed by atoms with Crippen molar-refractivity contribution in [3.63, 3.8) is 0 Å². The van der Waals surface area contributed by atoms with Gasteiger partial charge >= 0.3 is 0 Å². The molecule has 2 aromatic rings. The number of hydrogen-bond donors (Lipinski definition) is 2. The van der Waals surface area contributed by atoms with E-state index in [1.54, 1.807) is 6.20 Å². The van der Waals surface area contributed by atoms with E-state index in [0.717, 1.165) is 23.7 Å². The second-order valence-corrected chi connectivity index (χ2v) is 3.10. The van der Waals surface area contributed by atoms with E-state index in [1.165, 1.54) is 0 Å². The molecule has 2 aromatic heterocycles. The zero-order valence-electron chi connectivity index (χ0n) is 8.16. The number of aromatic amines is 1. The zero-order valence-corrected chi connectivity index (χ0v) is 8.16. The molecule has 0 aliphatic carbocycles. The van der Waals surface area contributed by atoms with Crippen molar-refractivity contribution < 1.29 is 4.39 Å². The van der Waals surface area contributed by atoms with Gasteiger partial charge in [-0.05, 0) is 6.92 Å². The minimum absolute atomic E-state index is 0.400. The van der Waals surface area contributed by atoms with E-state index < -0.39 is 5.82 Å². The summed E-state index contributed by atoms with van der Waals surface area (Å²) in [7, 11) is 0. The summed E-state index contributed by atoms with van der Waals surface area (Å²) in [6, 6.07) is 0. The van der Waals surface area contributed by atoms with Crippen LogP contribution in [0.5, 0.6) is 0 Å². The summed E-state index contributed by atoms with van der Waals surface area (Å²) in [6.07, 6.45) is 3.97.